The van der Waals surface area contributed by atoms with Gasteiger partial charge in [0.2, 0.25) is 15.9 Å². The van der Waals surface area contributed by atoms with Crippen LogP contribution in [-0.2, 0) is 42.7 Å². The number of piperidine rings is 1. The summed E-state index contributed by atoms with van der Waals surface area (Å²) in [7, 11) is -8.06. The van der Waals surface area contributed by atoms with E-state index >= 15 is 0 Å². The number of carbonyl (C=O) groups excluding carboxylic acids is 2. The number of nitrogens with one attached hydrogen (secondary N) is 2. The highest BCUT2D eigenvalue weighted by Crippen LogP contribution is 2.51. The minimum Gasteiger partial charge on any atom is -0.333 e. The predicted octanol–water partition coefficient (Wildman–Crippen LogP) is 2.76. The van der Waals surface area contributed by atoms with Crippen LogP contribution in [0.5, 0.6) is 0 Å². The van der Waals surface area contributed by atoms with Gasteiger partial charge in [-0.2, -0.15) is 8.42 Å². The van der Waals surface area contributed by atoms with Crippen molar-refractivity contribution in [1.82, 2.24) is 9.62 Å². The van der Waals surface area contributed by atoms with Gasteiger partial charge in [-0.1, -0.05) is 0 Å². The molecule has 10 nitrogen and oxygen atoms in total. The monoisotopic (exact) mass is 630 g/mol. The fourth-order valence-corrected chi connectivity index (χ4v) is 9.81. The number of amides is 1. The molecule has 220 valence electrons. The van der Waals surface area contributed by atoms with E-state index in [0.29, 0.717) is 0 Å². The molecule has 0 radical (unpaired) electrons. The molecule has 16 heteroatoms. The third-order valence-corrected chi connectivity index (χ3v) is 11.6. The van der Waals surface area contributed by atoms with Crippen molar-refractivity contribution >= 4 is 53.9 Å². The van der Waals surface area contributed by atoms with E-state index in [1.54, 1.807) is 0 Å². The van der Waals surface area contributed by atoms with Gasteiger partial charge in [0.05, 0.1) is 6.26 Å². The number of hydrogen-bond donors (Lipinski definition) is 2. The highest BCUT2D eigenvalue weighted by atomic mass is 32.2. The second-order valence-electron chi connectivity index (χ2n) is 11.0. The van der Waals surface area contributed by atoms with Crippen LogP contribution in [0.15, 0.2) is 26.8 Å². The number of rotatable bonds is 6. The maximum atomic E-state index is 14.0. The number of thiophene rings is 1. The number of amidine groups is 1. The second-order valence-corrected chi connectivity index (χ2v) is 15.2. The molecule has 3 atom stereocenters. The van der Waals surface area contributed by atoms with Crippen LogP contribution in [-0.4, -0.2) is 51.6 Å². The summed E-state index contributed by atoms with van der Waals surface area (Å²) < 4.78 is 97.4. The Morgan fingerprint density at radius 3 is 2.37 bits per heavy atom. The minimum atomic E-state index is -4.44. The van der Waals surface area contributed by atoms with Crippen LogP contribution in [0.2, 0.25) is 0 Å². The molecular formula is C25H25F3N4O6S3. The van der Waals surface area contributed by atoms with Gasteiger partial charge in [-0.3, -0.25) is 9.59 Å². The fourth-order valence-electron chi connectivity index (χ4n) is 6.75. The van der Waals surface area contributed by atoms with Gasteiger partial charge >= 0.3 is 0 Å². The highest BCUT2D eigenvalue weighted by Gasteiger charge is 2.58. The van der Waals surface area contributed by atoms with E-state index < -0.39 is 67.1 Å². The first kappa shape index (κ1) is 28.3. The van der Waals surface area contributed by atoms with E-state index in [0.717, 1.165) is 55.4 Å². The van der Waals surface area contributed by atoms with Crippen molar-refractivity contribution in [2.24, 2.45) is 28.1 Å². The molecule has 41 heavy (non-hydrogen) atoms. The molecule has 1 aromatic carbocycles. The maximum absolute atomic E-state index is 14.0. The Kier molecular flexibility index (Phi) is 6.82. The molecule has 1 aromatic heterocycles. The van der Waals surface area contributed by atoms with Gasteiger partial charge in [0.15, 0.2) is 29.2 Å². The lowest BCUT2D eigenvalue weighted by atomic mass is 9.57. The second kappa shape index (κ2) is 9.88. The minimum absolute atomic E-state index is 0.00206. The first-order valence-electron chi connectivity index (χ1n) is 12.9. The third-order valence-electron chi connectivity index (χ3n) is 8.41. The van der Waals surface area contributed by atoms with Crippen molar-refractivity contribution in [3.05, 3.63) is 46.1 Å². The Labute approximate surface area is 238 Å². The van der Waals surface area contributed by atoms with Crippen molar-refractivity contribution < 1.29 is 39.6 Å². The van der Waals surface area contributed by atoms with Crippen molar-refractivity contribution in [1.29, 1.82) is 0 Å². The van der Waals surface area contributed by atoms with E-state index in [4.69, 9.17) is 0 Å². The molecule has 3 heterocycles. The molecule has 2 N–H and O–H groups in total. The number of anilines is 1. The van der Waals surface area contributed by atoms with Crippen LogP contribution in [0.1, 0.15) is 36.8 Å². The number of hydrogen-bond acceptors (Lipinski definition) is 8. The van der Waals surface area contributed by atoms with E-state index in [9.17, 15) is 39.6 Å². The van der Waals surface area contributed by atoms with Crippen LogP contribution >= 0.6 is 11.3 Å². The van der Waals surface area contributed by atoms with Gasteiger partial charge in [0.25, 0.3) is 10.0 Å². The summed E-state index contributed by atoms with van der Waals surface area (Å²) in [6.07, 6.45) is 4.00. The predicted molar refractivity (Wildman–Crippen MR) is 142 cm³/mol. The molecule has 3 unspecified atom stereocenters. The number of benzene rings is 1. The van der Waals surface area contributed by atoms with Crippen LogP contribution in [0.3, 0.4) is 0 Å². The fraction of sp³-hybridized carbons (Fsp3) is 0.480. The molecule has 7 rings (SSSR count). The average Bonchev–Trinajstić information content (AvgIpc) is 3.32. The van der Waals surface area contributed by atoms with E-state index in [1.165, 1.54) is 10.3 Å². The molecule has 1 saturated heterocycles. The largest absolute Gasteiger partial charge is 0.333 e. The summed E-state index contributed by atoms with van der Waals surface area (Å²) in [5.41, 5.74) is 0.149. The van der Waals surface area contributed by atoms with Gasteiger partial charge in [-0.05, 0) is 60.6 Å². The van der Waals surface area contributed by atoms with E-state index in [2.05, 4.69) is 14.4 Å². The van der Waals surface area contributed by atoms with E-state index in [1.807, 2.05) is 0 Å². The van der Waals surface area contributed by atoms with Crippen LogP contribution in [0.4, 0.5) is 18.2 Å². The topological polar surface area (TPSA) is 142 Å². The Hall–Kier alpha value is -2.82. The standard InChI is InChI=1S/C25H25F3N4O6S3/c1-40(35,36)29-8-14-10-39-24-22(14)41(37,38)31-23(30-24)18-21(33)17-12-2-4-13(5-3-12)20(17)32(25(18)34)9-11-6-15(26)19(28)16(27)7-11/h6-7,10,12-13,17-18,20,29H,2-5,8-9H2,1H3,(H,30,31). The average molecular weight is 631 g/mol. The molecule has 2 aromatic rings. The summed E-state index contributed by atoms with van der Waals surface area (Å²) in [6, 6.07) is 1.07. The van der Waals surface area contributed by atoms with Gasteiger partial charge < -0.3 is 10.2 Å². The molecule has 5 aliphatic rings. The van der Waals surface area contributed by atoms with Crippen LogP contribution in [0, 0.1) is 41.1 Å². The quantitative estimate of drug-likeness (QED) is 0.369. The van der Waals surface area contributed by atoms with E-state index in [-0.39, 0.29) is 51.8 Å². The first-order valence-corrected chi connectivity index (χ1v) is 17.1. The highest BCUT2D eigenvalue weighted by molar-refractivity contribution is 7.91. The van der Waals surface area contributed by atoms with Crippen LogP contribution in [0.25, 0.3) is 0 Å². The Bertz CT molecular complexity index is 1690. The Morgan fingerprint density at radius 1 is 1.10 bits per heavy atom. The molecule has 3 saturated carbocycles. The molecule has 1 amide bonds. The lowest BCUT2D eigenvalue weighted by Crippen LogP contribution is -2.66. The molecule has 3 aliphatic carbocycles. The number of halogens is 3. The zero-order valence-electron chi connectivity index (χ0n) is 21.6. The first-order chi connectivity index (χ1) is 19.2. The van der Waals surface area contributed by atoms with Crippen molar-refractivity contribution in [2.75, 3.05) is 11.6 Å². The number of Topliss-reactive ketones (excluding diaryl/α,β-unsaturated/α-hetero) is 1. The third kappa shape index (κ3) is 4.87. The smallest absolute Gasteiger partial charge is 0.287 e. The molecular weight excluding hydrogens is 605 g/mol. The Balaban J connectivity index is 1.38. The normalized spacial score (nSPS) is 28.6. The van der Waals surface area contributed by atoms with Gasteiger partial charge in [0.1, 0.15) is 15.7 Å². The summed E-state index contributed by atoms with van der Waals surface area (Å²) in [5, 5.41) is 4.35. The molecule has 2 bridgehead atoms. The lowest BCUT2D eigenvalue weighted by molar-refractivity contribution is -0.162. The van der Waals surface area contributed by atoms with Gasteiger partial charge in [-0.25, -0.2) is 26.3 Å². The number of ketones is 1. The number of carbonyl (C=O) groups is 2. The number of sulfonamides is 2. The van der Waals surface area contributed by atoms with Crippen molar-refractivity contribution in [3.8, 4) is 0 Å². The van der Waals surface area contributed by atoms with Crippen LogP contribution < -0.4 is 10.0 Å². The number of likely N-dealkylation sites (tertiary alicyclic amines) is 1. The summed E-state index contributed by atoms with van der Waals surface area (Å²) >= 11 is 0.957. The SMILES string of the molecule is CS(=O)(=O)NCc1csc2c1S(=O)(=O)N=C(C1C(=O)C3C4CCC(CC4)C3N(Cc3cc(F)c(F)c(F)c3)C1=O)N2. The van der Waals surface area contributed by atoms with Crippen molar-refractivity contribution in [3.63, 3.8) is 0 Å². The maximum Gasteiger partial charge on any atom is 0.287 e. The van der Waals surface area contributed by atoms with Gasteiger partial charge in [0, 0.05) is 30.6 Å². The zero-order valence-corrected chi connectivity index (χ0v) is 24.0. The number of nitrogens with zero attached hydrogens (tertiary/aromatic N) is 2. The molecule has 2 aliphatic heterocycles. The summed E-state index contributed by atoms with van der Waals surface area (Å²) in [5.74, 6) is -8.33. The molecule has 0 spiro atoms. The summed E-state index contributed by atoms with van der Waals surface area (Å²) in [6.45, 7) is -0.601. The number of fused-ring (bicyclic) bond motifs is 3. The summed E-state index contributed by atoms with van der Waals surface area (Å²) in [4.78, 5) is 29.1. The molecule has 4 fully saturated rings. The zero-order chi connectivity index (χ0) is 29.4. The Morgan fingerprint density at radius 2 is 1.73 bits per heavy atom. The van der Waals surface area contributed by atoms with Crippen molar-refractivity contribution in [2.45, 2.75) is 49.7 Å². The lowest BCUT2D eigenvalue weighted by Gasteiger charge is -2.55. The van der Waals surface area contributed by atoms with Gasteiger partial charge in [-0.15, -0.1) is 15.7 Å².